The molecule has 5 heteroatoms. The monoisotopic (exact) mass is 350 g/mol. The molecule has 0 saturated carbocycles. The Morgan fingerprint density at radius 2 is 2.17 bits per heavy atom. The molecule has 24 heavy (non-hydrogen) atoms. The number of hydrogen-bond acceptors (Lipinski definition) is 3. The van der Waals surface area contributed by atoms with Crippen molar-refractivity contribution in [2.45, 2.75) is 52.9 Å². The summed E-state index contributed by atoms with van der Waals surface area (Å²) in [4.78, 5) is 27.7. The van der Waals surface area contributed by atoms with E-state index in [9.17, 15) is 9.59 Å². The lowest BCUT2D eigenvalue weighted by Gasteiger charge is -2.33. The van der Waals surface area contributed by atoms with Crippen molar-refractivity contribution in [1.82, 2.24) is 10.2 Å². The van der Waals surface area contributed by atoms with Gasteiger partial charge in [0.25, 0.3) is 0 Å². The van der Waals surface area contributed by atoms with Crippen LogP contribution in [0.15, 0.2) is 17.5 Å². The van der Waals surface area contributed by atoms with Crippen LogP contribution < -0.4 is 5.32 Å². The molecule has 0 bridgehead atoms. The van der Waals surface area contributed by atoms with Crippen molar-refractivity contribution in [3.63, 3.8) is 0 Å². The fourth-order valence-corrected chi connectivity index (χ4v) is 3.74. The van der Waals surface area contributed by atoms with Gasteiger partial charge in [0.1, 0.15) is 0 Å². The number of thiophene rings is 1. The summed E-state index contributed by atoms with van der Waals surface area (Å²) in [5, 5.41) is 5.12. The smallest absolute Gasteiger partial charge is 0.225 e. The molecule has 1 N–H and O–H groups in total. The number of piperidine rings is 1. The van der Waals surface area contributed by atoms with Crippen molar-refractivity contribution < 1.29 is 9.59 Å². The van der Waals surface area contributed by atoms with Gasteiger partial charge in [0.05, 0.1) is 0 Å². The minimum Gasteiger partial charge on any atom is -0.355 e. The van der Waals surface area contributed by atoms with Crippen molar-refractivity contribution in [3.05, 3.63) is 22.4 Å². The molecule has 1 aliphatic heterocycles. The average Bonchev–Trinajstić information content (AvgIpc) is 3.05. The molecule has 2 rings (SSSR count). The van der Waals surface area contributed by atoms with Crippen LogP contribution in [0.5, 0.6) is 0 Å². The highest BCUT2D eigenvalue weighted by atomic mass is 32.1. The number of carbonyl (C=O) groups is 2. The third kappa shape index (κ3) is 5.93. The van der Waals surface area contributed by atoms with Crippen LogP contribution >= 0.6 is 11.3 Å². The van der Waals surface area contributed by atoms with Crippen LogP contribution in [0, 0.1) is 11.3 Å². The van der Waals surface area contributed by atoms with Crippen LogP contribution in [0.4, 0.5) is 0 Å². The molecular formula is C19H30N2O2S. The molecule has 1 saturated heterocycles. The Morgan fingerprint density at radius 1 is 1.38 bits per heavy atom. The van der Waals surface area contributed by atoms with Gasteiger partial charge in [-0.15, -0.1) is 11.3 Å². The van der Waals surface area contributed by atoms with E-state index in [4.69, 9.17) is 0 Å². The van der Waals surface area contributed by atoms with E-state index in [2.05, 4.69) is 22.8 Å². The maximum atomic E-state index is 12.4. The molecule has 4 nitrogen and oxygen atoms in total. The Morgan fingerprint density at radius 3 is 2.83 bits per heavy atom. The first-order valence-electron chi connectivity index (χ1n) is 8.94. The zero-order valence-electron chi connectivity index (χ0n) is 15.1. The van der Waals surface area contributed by atoms with E-state index < -0.39 is 0 Å². The van der Waals surface area contributed by atoms with E-state index in [0.717, 1.165) is 38.8 Å². The molecule has 2 heterocycles. The van der Waals surface area contributed by atoms with E-state index in [0.29, 0.717) is 18.9 Å². The van der Waals surface area contributed by atoms with Crippen LogP contribution in [0.2, 0.25) is 0 Å². The molecule has 1 fully saturated rings. The number of carbonyl (C=O) groups excluding carboxylic acids is 2. The van der Waals surface area contributed by atoms with Gasteiger partial charge >= 0.3 is 0 Å². The number of rotatable bonds is 6. The van der Waals surface area contributed by atoms with Crippen LogP contribution in [0.25, 0.3) is 0 Å². The van der Waals surface area contributed by atoms with Gasteiger partial charge in [-0.25, -0.2) is 0 Å². The van der Waals surface area contributed by atoms with Crippen LogP contribution in [-0.2, 0) is 16.0 Å². The maximum Gasteiger partial charge on any atom is 0.225 e. The number of nitrogens with zero attached hydrogens (tertiary/aromatic N) is 1. The van der Waals surface area contributed by atoms with Crippen LogP contribution in [-0.4, -0.2) is 36.3 Å². The molecule has 0 spiro atoms. The minimum absolute atomic E-state index is 0.0851. The molecule has 0 radical (unpaired) electrons. The first-order valence-corrected chi connectivity index (χ1v) is 9.82. The molecule has 1 unspecified atom stereocenters. The third-order valence-corrected chi connectivity index (χ3v) is 5.43. The molecule has 1 aliphatic rings. The van der Waals surface area contributed by atoms with Crippen LogP contribution in [0.1, 0.15) is 51.3 Å². The quantitative estimate of drug-likeness (QED) is 0.854. The van der Waals surface area contributed by atoms with Gasteiger partial charge in [-0.3, -0.25) is 9.59 Å². The normalized spacial score (nSPS) is 18.5. The average molecular weight is 351 g/mol. The summed E-state index contributed by atoms with van der Waals surface area (Å²) >= 11 is 1.76. The second-order valence-corrected chi connectivity index (χ2v) is 8.77. The van der Waals surface area contributed by atoms with Crippen LogP contribution in [0.3, 0.4) is 0 Å². The van der Waals surface area contributed by atoms with Crippen molar-refractivity contribution in [1.29, 1.82) is 0 Å². The third-order valence-electron chi connectivity index (χ3n) is 4.50. The molecule has 0 aromatic carbocycles. The summed E-state index contributed by atoms with van der Waals surface area (Å²) in [5.41, 5.74) is -0.355. The van der Waals surface area contributed by atoms with E-state index in [-0.39, 0.29) is 17.2 Å². The van der Waals surface area contributed by atoms with E-state index in [1.807, 2.05) is 25.7 Å². The highest BCUT2D eigenvalue weighted by molar-refractivity contribution is 7.09. The first kappa shape index (κ1) is 19.0. The maximum absolute atomic E-state index is 12.4. The number of nitrogens with one attached hydrogen (secondary N) is 1. The standard InChI is InChI=1S/C19H30N2O2S/c1-19(2,3)18(23)20-13-15-7-5-11-21(14-15)17(22)10-4-8-16-9-6-12-24-16/h6,9,12,15H,4-5,7-8,10-11,13-14H2,1-3H3,(H,20,23). The Labute approximate surface area is 149 Å². The summed E-state index contributed by atoms with van der Waals surface area (Å²) in [6.45, 7) is 8.09. The lowest BCUT2D eigenvalue weighted by molar-refractivity contribution is -0.133. The lowest BCUT2D eigenvalue weighted by Crippen LogP contribution is -2.45. The fraction of sp³-hybridized carbons (Fsp3) is 0.684. The Balaban J connectivity index is 1.71. The largest absolute Gasteiger partial charge is 0.355 e. The lowest BCUT2D eigenvalue weighted by atomic mass is 9.94. The van der Waals surface area contributed by atoms with Gasteiger partial charge in [0.2, 0.25) is 11.8 Å². The van der Waals surface area contributed by atoms with E-state index in [1.54, 1.807) is 11.3 Å². The Hall–Kier alpha value is -1.36. The number of likely N-dealkylation sites (tertiary alicyclic amines) is 1. The molecule has 2 amide bonds. The summed E-state index contributed by atoms with van der Waals surface area (Å²) in [6, 6.07) is 4.19. The molecule has 1 aromatic heterocycles. The van der Waals surface area contributed by atoms with Crippen molar-refractivity contribution in [2.75, 3.05) is 19.6 Å². The number of amides is 2. The highest BCUT2D eigenvalue weighted by Gasteiger charge is 2.26. The topological polar surface area (TPSA) is 49.4 Å². The Bertz CT molecular complexity index is 534. The van der Waals surface area contributed by atoms with E-state index >= 15 is 0 Å². The van der Waals surface area contributed by atoms with Crippen molar-refractivity contribution in [2.24, 2.45) is 11.3 Å². The predicted octanol–water partition coefficient (Wildman–Crippen LogP) is 3.47. The summed E-state index contributed by atoms with van der Waals surface area (Å²) in [6.07, 6.45) is 4.65. The predicted molar refractivity (Wildman–Crippen MR) is 99.0 cm³/mol. The first-order chi connectivity index (χ1) is 11.4. The Kier molecular flexibility index (Phi) is 6.84. The second kappa shape index (κ2) is 8.65. The summed E-state index contributed by atoms with van der Waals surface area (Å²) in [7, 11) is 0. The van der Waals surface area contributed by atoms with E-state index in [1.165, 1.54) is 4.88 Å². The molecular weight excluding hydrogens is 320 g/mol. The minimum atomic E-state index is -0.355. The fourth-order valence-electron chi connectivity index (χ4n) is 2.99. The molecule has 1 atom stereocenters. The second-order valence-electron chi connectivity index (χ2n) is 7.74. The van der Waals surface area contributed by atoms with Gasteiger partial charge in [-0.05, 0) is 43.0 Å². The van der Waals surface area contributed by atoms with Crippen molar-refractivity contribution >= 4 is 23.2 Å². The SMILES string of the molecule is CC(C)(C)C(=O)NCC1CCCN(C(=O)CCCc2cccs2)C1. The molecule has 1 aromatic rings. The number of aryl methyl sites for hydroxylation is 1. The van der Waals surface area contributed by atoms with Gasteiger partial charge < -0.3 is 10.2 Å². The zero-order valence-corrected chi connectivity index (χ0v) is 16.0. The van der Waals surface area contributed by atoms with Gasteiger partial charge in [0.15, 0.2) is 0 Å². The summed E-state index contributed by atoms with van der Waals surface area (Å²) in [5.74, 6) is 0.728. The van der Waals surface area contributed by atoms with Crippen molar-refractivity contribution in [3.8, 4) is 0 Å². The zero-order chi connectivity index (χ0) is 17.6. The van der Waals surface area contributed by atoms with Gasteiger partial charge in [-0.1, -0.05) is 26.8 Å². The van der Waals surface area contributed by atoms with Gasteiger partial charge in [-0.2, -0.15) is 0 Å². The van der Waals surface area contributed by atoms with Gasteiger partial charge in [0, 0.05) is 36.3 Å². The molecule has 0 aliphatic carbocycles. The highest BCUT2D eigenvalue weighted by Crippen LogP contribution is 2.19. The number of hydrogen-bond donors (Lipinski definition) is 1. The molecule has 134 valence electrons. The summed E-state index contributed by atoms with van der Waals surface area (Å²) < 4.78 is 0.